The van der Waals surface area contributed by atoms with Crippen LogP contribution in [0.25, 0.3) is 0 Å². The summed E-state index contributed by atoms with van der Waals surface area (Å²) in [4.78, 5) is 14.3. The van der Waals surface area contributed by atoms with Gasteiger partial charge in [0.05, 0.1) is 15.7 Å². The van der Waals surface area contributed by atoms with Crippen molar-refractivity contribution in [2.24, 2.45) is 5.73 Å². The average molecular weight is 316 g/mol. The second kappa shape index (κ2) is 7.27. The second-order valence-electron chi connectivity index (χ2n) is 4.96. The van der Waals surface area contributed by atoms with Gasteiger partial charge in [-0.25, -0.2) is 0 Å². The van der Waals surface area contributed by atoms with Gasteiger partial charge in [-0.05, 0) is 31.5 Å². The van der Waals surface area contributed by atoms with Gasteiger partial charge in [-0.2, -0.15) is 0 Å². The van der Waals surface area contributed by atoms with Crippen LogP contribution in [0.4, 0.5) is 5.69 Å². The Morgan fingerprint density at radius 2 is 2.10 bits per heavy atom. The third kappa shape index (κ3) is 3.85. The van der Waals surface area contributed by atoms with Crippen molar-refractivity contribution >= 4 is 34.8 Å². The van der Waals surface area contributed by atoms with Gasteiger partial charge < -0.3 is 11.1 Å². The molecule has 110 valence electrons. The zero-order chi connectivity index (χ0) is 14.5. The number of halogens is 2. The van der Waals surface area contributed by atoms with Crippen molar-refractivity contribution in [3.05, 3.63) is 28.2 Å². The topological polar surface area (TPSA) is 58.4 Å². The third-order valence-electron chi connectivity index (χ3n) is 3.62. The summed E-state index contributed by atoms with van der Waals surface area (Å²) < 4.78 is 0. The zero-order valence-electron chi connectivity index (χ0n) is 11.2. The smallest absolute Gasteiger partial charge is 0.225 e. The molecule has 0 aliphatic carbocycles. The summed E-state index contributed by atoms with van der Waals surface area (Å²) in [6.07, 6.45) is 2.69. The summed E-state index contributed by atoms with van der Waals surface area (Å²) in [7, 11) is 0. The van der Waals surface area contributed by atoms with Crippen LogP contribution in [-0.4, -0.2) is 36.5 Å². The molecule has 1 aromatic carbocycles. The van der Waals surface area contributed by atoms with Crippen LogP contribution in [0.1, 0.15) is 19.3 Å². The first-order valence-electron chi connectivity index (χ1n) is 6.80. The normalized spacial score (nSPS) is 19.2. The molecule has 4 nitrogen and oxygen atoms in total. The molecule has 1 atom stereocenters. The predicted molar refractivity (Wildman–Crippen MR) is 83.4 cm³/mol. The van der Waals surface area contributed by atoms with Crippen LogP contribution in [0.2, 0.25) is 10.0 Å². The van der Waals surface area contributed by atoms with E-state index < -0.39 is 0 Å². The molecule has 0 aromatic heterocycles. The molecule has 1 unspecified atom stereocenters. The minimum atomic E-state index is -0.0809. The zero-order valence-corrected chi connectivity index (χ0v) is 12.8. The molecule has 2 rings (SSSR count). The monoisotopic (exact) mass is 315 g/mol. The van der Waals surface area contributed by atoms with Crippen LogP contribution < -0.4 is 11.1 Å². The standard InChI is InChI=1S/C14H19Cl2N3O/c15-11-4-1-5-12(16)14(11)18-13(20)6-8-19-7-2-3-10(19)9-17/h1,4-5,10H,2-3,6-9,17H2,(H,18,20). The number of nitrogens with one attached hydrogen (secondary N) is 1. The molecule has 3 N–H and O–H groups in total. The average Bonchev–Trinajstić information content (AvgIpc) is 2.88. The van der Waals surface area contributed by atoms with Crippen LogP contribution in [0.15, 0.2) is 18.2 Å². The molecule has 1 saturated heterocycles. The van der Waals surface area contributed by atoms with E-state index in [1.165, 1.54) is 0 Å². The predicted octanol–water partition coefficient (Wildman–Crippen LogP) is 2.75. The molecule has 1 amide bonds. The summed E-state index contributed by atoms with van der Waals surface area (Å²) in [6, 6.07) is 5.56. The lowest BCUT2D eigenvalue weighted by Crippen LogP contribution is -2.37. The summed E-state index contributed by atoms with van der Waals surface area (Å²) in [5, 5.41) is 3.68. The molecule has 1 aromatic rings. The Morgan fingerprint density at radius 3 is 2.75 bits per heavy atom. The number of benzene rings is 1. The van der Waals surface area contributed by atoms with Gasteiger partial charge in [0.15, 0.2) is 0 Å². The first-order chi connectivity index (χ1) is 9.61. The fourth-order valence-corrected chi connectivity index (χ4v) is 3.01. The van der Waals surface area contributed by atoms with E-state index in [1.807, 2.05) is 0 Å². The van der Waals surface area contributed by atoms with Crippen LogP contribution >= 0.6 is 23.2 Å². The van der Waals surface area contributed by atoms with Crippen molar-refractivity contribution in [3.63, 3.8) is 0 Å². The highest BCUT2D eigenvalue weighted by atomic mass is 35.5. The number of hydrogen-bond acceptors (Lipinski definition) is 3. The maximum atomic E-state index is 12.0. The summed E-state index contributed by atoms with van der Waals surface area (Å²) in [5.74, 6) is -0.0809. The number of nitrogens with two attached hydrogens (primary N) is 1. The largest absolute Gasteiger partial charge is 0.329 e. The van der Waals surface area contributed by atoms with Gasteiger partial charge in [0.1, 0.15) is 0 Å². The Balaban J connectivity index is 1.87. The van der Waals surface area contributed by atoms with Gasteiger partial charge in [-0.15, -0.1) is 0 Å². The van der Waals surface area contributed by atoms with E-state index in [4.69, 9.17) is 28.9 Å². The molecule has 0 saturated carbocycles. The SMILES string of the molecule is NCC1CCCN1CCC(=O)Nc1c(Cl)cccc1Cl. The number of hydrogen-bond donors (Lipinski definition) is 2. The van der Waals surface area contributed by atoms with Crippen molar-refractivity contribution in [2.45, 2.75) is 25.3 Å². The van der Waals surface area contributed by atoms with Gasteiger partial charge in [0, 0.05) is 25.6 Å². The van der Waals surface area contributed by atoms with E-state index in [0.29, 0.717) is 34.7 Å². The lowest BCUT2D eigenvalue weighted by Gasteiger charge is -2.22. The van der Waals surface area contributed by atoms with Gasteiger partial charge in [-0.1, -0.05) is 29.3 Å². The molecule has 0 spiro atoms. The molecule has 6 heteroatoms. The number of para-hydroxylation sites is 1. The van der Waals surface area contributed by atoms with Crippen molar-refractivity contribution in [1.82, 2.24) is 4.90 Å². The molecular formula is C14H19Cl2N3O. The lowest BCUT2D eigenvalue weighted by atomic mass is 10.2. The minimum Gasteiger partial charge on any atom is -0.329 e. The van der Waals surface area contributed by atoms with Gasteiger partial charge in [-0.3, -0.25) is 9.69 Å². The minimum absolute atomic E-state index is 0.0809. The summed E-state index contributed by atoms with van der Waals surface area (Å²) in [5.41, 5.74) is 6.20. The number of amides is 1. The maximum absolute atomic E-state index is 12.0. The van der Waals surface area contributed by atoms with E-state index in [9.17, 15) is 4.79 Å². The van der Waals surface area contributed by atoms with Crippen LogP contribution in [0.5, 0.6) is 0 Å². The quantitative estimate of drug-likeness (QED) is 0.878. The van der Waals surface area contributed by atoms with Crippen molar-refractivity contribution in [2.75, 3.05) is 25.0 Å². The molecule has 1 aliphatic heterocycles. The van der Waals surface area contributed by atoms with E-state index in [1.54, 1.807) is 18.2 Å². The van der Waals surface area contributed by atoms with E-state index in [2.05, 4.69) is 10.2 Å². The van der Waals surface area contributed by atoms with Crippen molar-refractivity contribution < 1.29 is 4.79 Å². The molecule has 0 radical (unpaired) electrons. The van der Waals surface area contributed by atoms with Gasteiger partial charge >= 0.3 is 0 Å². The number of likely N-dealkylation sites (tertiary alicyclic amines) is 1. The van der Waals surface area contributed by atoms with E-state index in [0.717, 1.165) is 25.9 Å². The fraction of sp³-hybridized carbons (Fsp3) is 0.500. The Kier molecular flexibility index (Phi) is 5.66. The third-order valence-corrected chi connectivity index (χ3v) is 4.25. The van der Waals surface area contributed by atoms with Crippen molar-refractivity contribution in [3.8, 4) is 0 Å². The molecule has 1 aliphatic rings. The van der Waals surface area contributed by atoms with E-state index in [-0.39, 0.29) is 5.91 Å². The molecule has 20 heavy (non-hydrogen) atoms. The highest BCUT2D eigenvalue weighted by molar-refractivity contribution is 6.39. The van der Waals surface area contributed by atoms with Gasteiger partial charge in [0.2, 0.25) is 5.91 Å². The molecule has 1 heterocycles. The second-order valence-corrected chi connectivity index (χ2v) is 5.78. The Bertz CT molecular complexity index is 461. The highest BCUT2D eigenvalue weighted by Gasteiger charge is 2.23. The first-order valence-corrected chi connectivity index (χ1v) is 7.55. The Morgan fingerprint density at radius 1 is 1.40 bits per heavy atom. The van der Waals surface area contributed by atoms with Crippen LogP contribution in [0, 0.1) is 0 Å². The molecule has 1 fully saturated rings. The number of nitrogens with zero attached hydrogens (tertiary/aromatic N) is 1. The number of anilines is 1. The number of carbonyl (C=O) groups is 1. The fourth-order valence-electron chi connectivity index (χ4n) is 2.52. The van der Waals surface area contributed by atoms with Gasteiger partial charge in [0.25, 0.3) is 0 Å². The van der Waals surface area contributed by atoms with E-state index >= 15 is 0 Å². The maximum Gasteiger partial charge on any atom is 0.225 e. The highest BCUT2D eigenvalue weighted by Crippen LogP contribution is 2.29. The van der Waals surface area contributed by atoms with Crippen LogP contribution in [-0.2, 0) is 4.79 Å². The number of rotatable bonds is 5. The molecule has 0 bridgehead atoms. The van der Waals surface area contributed by atoms with Crippen molar-refractivity contribution in [1.29, 1.82) is 0 Å². The summed E-state index contributed by atoms with van der Waals surface area (Å²) >= 11 is 12.0. The Labute approximate surface area is 129 Å². The first kappa shape index (κ1) is 15.6. The number of carbonyl (C=O) groups excluding carboxylic acids is 1. The lowest BCUT2D eigenvalue weighted by molar-refractivity contribution is -0.116. The molecular weight excluding hydrogens is 297 g/mol. The van der Waals surface area contributed by atoms with Crippen LogP contribution in [0.3, 0.4) is 0 Å². The Hall–Kier alpha value is -0.810. The summed E-state index contributed by atoms with van der Waals surface area (Å²) in [6.45, 7) is 2.38.